The van der Waals surface area contributed by atoms with Gasteiger partial charge in [-0.25, -0.2) is 4.99 Å². The predicted octanol–water partition coefficient (Wildman–Crippen LogP) is 3.19. The van der Waals surface area contributed by atoms with E-state index in [1.807, 2.05) is 0 Å². The summed E-state index contributed by atoms with van der Waals surface area (Å²) in [7, 11) is 0. The van der Waals surface area contributed by atoms with Crippen LogP contribution in [0.3, 0.4) is 0 Å². The predicted molar refractivity (Wildman–Crippen MR) is 44.3 cm³/mol. The quantitative estimate of drug-likeness (QED) is 0.392. The lowest BCUT2D eigenvalue weighted by molar-refractivity contribution is 0.952. The maximum atomic E-state index is 5.39. The van der Waals surface area contributed by atoms with E-state index in [-0.39, 0.29) is 10.5 Å². The molecule has 0 rings (SSSR count). The molecular weight excluding hydrogens is 227 g/mol. The van der Waals surface area contributed by atoms with E-state index >= 15 is 0 Å². The average molecular weight is 229 g/mol. The van der Waals surface area contributed by atoms with E-state index in [1.165, 1.54) is 0 Å². The second-order valence-corrected chi connectivity index (χ2v) is 3.77. The Bertz CT molecular complexity index is 115. The van der Waals surface area contributed by atoms with E-state index in [9.17, 15) is 0 Å². The summed E-state index contributed by atoms with van der Waals surface area (Å²) in [6, 6.07) is 0. The highest BCUT2D eigenvalue weighted by Gasteiger charge is 2.20. The molecule has 0 N–H and O–H groups in total. The molecule has 0 aliphatic rings. The molecular formula is C3H2Cl5N. The van der Waals surface area contributed by atoms with Gasteiger partial charge in [-0.3, -0.25) is 0 Å². The Morgan fingerprint density at radius 1 is 1.33 bits per heavy atom. The second-order valence-electron chi connectivity index (χ2n) is 1.15. The van der Waals surface area contributed by atoms with Gasteiger partial charge in [-0.2, -0.15) is 0 Å². The number of nitrogens with zero attached hydrogens (tertiary/aromatic N) is 1. The molecule has 9 heavy (non-hydrogen) atoms. The standard InChI is InChI=1S/C3H2Cl5N/c4-1-3(7,8)9-2(5)6/h1H2. The molecule has 0 fully saturated rings. The van der Waals surface area contributed by atoms with E-state index in [4.69, 9.17) is 58.0 Å². The fourth-order valence-electron chi connectivity index (χ4n) is 0.154. The molecule has 0 amide bonds. The van der Waals surface area contributed by atoms with Gasteiger partial charge in [0.15, 0.2) is 4.63 Å². The fourth-order valence-corrected chi connectivity index (χ4v) is 0.844. The van der Waals surface area contributed by atoms with Gasteiger partial charge in [0, 0.05) is 0 Å². The van der Waals surface area contributed by atoms with Crippen molar-refractivity contribution < 1.29 is 0 Å². The molecule has 0 bridgehead atoms. The zero-order valence-corrected chi connectivity index (χ0v) is 7.82. The van der Waals surface area contributed by atoms with Gasteiger partial charge in [-0.1, -0.05) is 23.2 Å². The van der Waals surface area contributed by atoms with Crippen LogP contribution in [0.4, 0.5) is 0 Å². The number of alkyl halides is 3. The van der Waals surface area contributed by atoms with Gasteiger partial charge in [0.2, 0.25) is 4.46 Å². The van der Waals surface area contributed by atoms with E-state index in [1.54, 1.807) is 0 Å². The topological polar surface area (TPSA) is 12.4 Å². The van der Waals surface area contributed by atoms with Crippen LogP contribution in [0.15, 0.2) is 4.99 Å². The first-order valence-electron chi connectivity index (χ1n) is 1.82. The van der Waals surface area contributed by atoms with Crippen LogP contribution in [-0.4, -0.2) is 15.0 Å². The highest BCUT2D eigenvalue weighted by atomic mass is 35.5. The molecule has 6 heteroatoms. The summed E-state index contributed by atoms with van der Waals surface area (Å²) in [6.07, 6.45) is 0. The van der Waals surface area contributed by atoms with Crippen LogP contribution in [-0.2, 0) is 0 Å². The van der Waals surface area contributed by atoms with E-state index < -0.39 is 4.46 Å². The van der Waals surface area contributed by atoms with Crippen LogP contribution in [0.1, 0.15) is 0 Å². The van der Waals surface area contributed by atoms with Crippen molar-refractivity contribution in [1.82, 2.24) is 0 Å². The van der Waals surface area contributed by atoms with Crippen LogP contribution < -0.4 is 0 Å². The minimum atomic E-state index is -1.40. The Balaban J connectivity index is 4.01. The molecule has 0 heterocycles. The third-order valence-electron chi connectivity index (χ3n) is 0.409. The van der Waals surface area contributed by atoms with Gasteiger partial charge in [0.05, 0.1) is 5.88 Å². The van der Waals surface area contributed by atoms with E-state index in [0.29, 0.717) is 0 Å². The monoisotopic (exact) mass is 227 g/mol. The minimum absolute atomic E-state index is 0.0565. The van der Waals surface area contributed by atoms with Gasteiger partial charge in [-0.05, 0) is 23.2 Å². The average Bonchev–Trinajstić information content (AvgIpc) is 1.63. The fraction of sp³-hybridized carbons (Fsp3) is 0.667. The largest absolute Gasteiger partial charge is 0.223 e. The summed E-state index contributed by atoms with van der Waals surface area (Å²) in [5.41, 5.74) is 0. The molecule has 0 radical (unpaired) electrons. The number of hydrogen-bond donors (Lipinski definition) is 0. The molecule has 0 atom stereocenters. The highest BCUT2D eigenvalue weighted by Crippen LogP contribution is 2.25. The maximum Gasteiger partial charge on any atom is 0.223 e. The first kappa shape index (κ1) is 10.1. The van der Waals surface area contributed by atoms with Crippen LogP contribution in [0.25, 0.3) is 0 Å². The summed E-state index contributed by atoms with van der Waals surface area (Å²) in [5.74, 6) is -0.0565. The molecule has 0 aliphatic carbocycles. The smallest absolute Gasteiger partial charge is 0.222 e. The second kappa shape index (κ2) is 4.09. The Labute approximate surface area is 77.9 Å². The van der Waals surface area contributed by atoms with Crippen molar-refractivity contribution in [3.8, 4) is 0 Å². The van der Waals surface area contributed by atoms with E-state index in [2.05, 4.69) is 4.99 Å². The molecule has 0 aromatic heterocycles. The number of halogens is 5. The Hall–Kier alpha value is 1.12. The highest BCUT2D eigenvalue weighted by molar-refractivity contribution is 6.95. The normalized spacial score (nSPS) is 11.2. The number of aliphatic imine (C=N–C) groups is 1. The Morgan fingerprint density at radius 2 is 1.78 bits per heavy atom. The molecule has 0 aromatic rings. The lowest BCUT2D eigenvalue weighted by Crippen LogP contribution is -2.11. The number of rotatable bonds is 2. The van der Waals surface area contributed by atoms with Crippen molar-refractivity contribution in [3.63, 3.8) is 0 Å². The van der Waals surface area contributed by atoms with Crippen molar-refractivity contribution in [2.75, 3.05) is 5.88 Å². The Morgan fingerprint density at radius 3 is 1.89 bits per heavy atom. The molecule has 0 aromatic carbocycles. The maximum absolute atomic E-state index is 5.39. The third kappa shape index (κ3) is 5.56. The van der Waals surface area contributed by atoms with Gasteiger partial charge in [0.1, 0.15) is 0 Å². The third-order valence-corrected chi connectivity index (χ3v) is 1.67. The lowest BCUT2D eigenvalue weighted by Gasteiger charge is -2.07. The molecule has 0 unspecified atom stereocenters. The summed E-state index contributed by atoms with van der Waals surface area (Å²) in [5, 5.41) is 0. The summed E-state index contributed by atoms with van der Waals surface area (Å²) in [4.78, 5) is 3.37. The van der Waals surface area contributed by atoms with Crippen molar-refractivity contribution in [3.05, 3.63) is 0 Å². The Kier molecular flexibility index (Phi) is 4.60. The molecule has 1 nitrogen and oxygen atoms in total. The zero-order chi connectivity index (χ0) is 7.49. The van der Waals surface area contributed by atoms with Crippen molar-refractivity contribution in [2.45, 2.75) is 4.46 Å². The minimum Gasteiger partial charge on any atom is -0.222 e. The number of hydrogen-bond acceptors (Lipinski definition) is 1. The van der Waals surface area contributed by atoms with E-state index in [0.717, 1.165) is 0 Å². The van der Waals surface area contributed by atoms with Gasteiger partial charge in [-0.15, -0.1) is 11.6 Å². The van der Waals surface area contributed by atoms with Crippen LogP contribution >= 0.6 is 58.0 Å². The van der Waals surface area contributed by atoms with Crippen molar-refractivity contribution >= 4 is 62.6 Å². The first-order valence-corrected chi connectivity index (χ1v) is 3.87. The molecule has 54 valence electrons. The molecule has 0 aliphatic heterocycles. The molecule has 0 spiro atoms. The van der Waals surface area contributed by atoms with Gasteiger partial charge < -0.3 is 0 Å². The van der Waals surface area contributed by atoms with Crippen molar-refractivity contribution in [2.24, 2.45) is 4.99 Å². The van der Waals surface area contributed by atoms with Crippen LogP contribution in [0.5, 0.6) is 0 Å². The van der Waals surface area contributed by atoms with Gasteiger partial charge >= 0.3 is 0 Å². The SMILES string of the molecule is ClCC(Cl)(Cl)N=C(Cl)Cl. The zero-order valence-electron chi connectivity index (χ0n) is 4.04. The molecule has 0 saturated heterocycles. The first-order chi connectivity index (χ1) is 3.98. The summed E-state index contributed by atoms with van der Waals surface area (Å²) < 4.78 is -1.64. The molecule has 0 saturated carbocycles. The summed E-state index contributed by atoms with van der Waals surface area (Å²) >= 11 is 26.3. The van der Waals surface area contributed by atoms with Crippen LogP contribution in [0, 0.1) is 0 Å². The van der Waals surface area contributed by atoms with Crippen molar-refractivity contribution in [1.29, 1.82) is 0 Å². The van der Waals surface area contributed by atoms with Crippen LogP contribution in [0.2, 0.25) is 0 Å². The lowest BCUT2D eigenvalue weighted by atomic mass is 10.8. The summed E-state index contributed by atoms with van der Waals surface area (Å²) in [6.45, 7) is 0. The van der Waals surface area contributed by atoms with Gasteiger partial charge in [0.25, 0.3) is 0 Å².